The average Bonchev–Trinajstić information content (AvgIpc) is 2.41. The Labute approximate surface area is 130 Å². The Morgan fingerprint density at radius 2 is 1.91 bits per heavy atom. The second-order valence-electron chi connectivity index (χ2n) is 5.91. The smallest absolute Gasteiger partial charge is 0.407 e. The predicted octanol–water partition coefficient (Wildman–Crippen LogP) is 2.99. The molecule has 1 rings (SSSR count). The van der Waals surface area contributed by atoms with Crippen molar-refractivity contribution in [1.29, 1.82) is 0 Å². The van der Waals surface area contributed by atoms with E-state index in [1.54, 1.807) is 20.8 Å². The molecule has 2 N–H and O–H groups in total. The molecule has 1 aromatic carbocycles. The van der Waals surface area contributed by atoms with Gasteiger partial charge in [0.05, 0.1) is 0 Å². The van der Waals surface area contributed by atoms with Gasteiger partial charge in [-0.25, -0.2) is 9.18 Å². The summed E-state index contributed by atoms with van der Waals surface area (Å²) >= 11 is 0. The van der Waals surface area contributed by atoms with Gasteiger partial charge in [0, 0.05) is 18.7 Å². The van der Waals surface area contributed by atoms with Gasteiger partial charge in [-0.15, -0.1) is 0 Å². The molecule has 0 spiro atoms. The van der Waals surface area contributed by atoms with Crippen molar-refractivity contribution < 1.29 is 18.7 Å². The fourth-order valence-electron chi connectivity index (χ4n) is 1.73. The topological polar surface area (TPSA) is 67.4 Å². The van der Waals surface area contributed by atoms with Crippen molar-refractivity contribution in [2.45, 2.75) is 46.3 Å². The zero-order chi connectivity index (χ0) is 16.8. The molecule has 1 aromatic rings. The van der Waals surface area contributed by atoms with Crippen LogP contribution in [0.3, 0.4) is 0 Å². The summed E-state index contributed by atoms with van der Waals surface area (Å²) in [5, 5.41) is 5.26. The van der Waals surface area contributed by atoms with Crippen LogP contribution < -0.4 is 10.6 Å². The number of ether oxygens (including phenoxy) is 1. The molecule has 0 aliphatic rings. The molecule has 0 bridgehead atoms. The van der Waals surface area contributed by atoms with E-state index in [1.807, 2.05) is 6.92 Å². The minimum absolute atomic E-state index is 0.0874. The summed E-state index contributed by atoms with van der Waals surface area (Å²) in [6.45, 7) is 7.80. The van der Waals surface area contributed by atoms with Gasteiger partial charge in [-0.3, -0.25) is 4.79 Å². The van der Waals surface area contributed by atoms with Crippen LogP contribution >= 0.6 is 0 Å². The lowest BCUT2D eigenvalue weighted by molar-refractivity contribution is 0.0522. The summed E-state index contributed by atoms with van der Waals surface area (Å²) in [6.07, 6.45) is 0.198. The number of nitrogens with one attached hydrogen (secondary N) is 2. The van der Waals surface area contributed by atoms with Gasteiger partial charge in [-0.2, -0.15) is 0 Å². The molecule has 22 heavy (non-hydrogen) atoms. The van der Waals surface area contributed by atoms with Gasteiger partial charge in [0.15, 0.2) is 0 Å². The highest BCUT2D eigenvalue weighted by Crippen LogP contribution is 2.12. The predicted molar refractivity (Wildman–Crippen MR) is 82.1 cm³/mol. The number of rotatable bonds is 5. The first-order valence-electron chi connectivity index (χ1n) is 7.26. The fourth-order valence-corrected chi connectivity index (χ4v) is 1.73. The van der Waals surface area contributed by atoms with Crippen LogP contribution in [0, 0.1) is 5.82 Å². The summed E-state index contributed by atoms with van der Waals surface area (Å²) in [5.74, 6) is -0.856. The van der Waals surface area contributed by atoms with Crippen molar-refractivity contribution in [3.8, 4) is 0 Å². The first-order chi connectivity index (χ1) is 10.2. The van der Waals surface area contributed by atoms with Crippen LogP contribution in [-0.4, -0.2) is 24.1 Å². The number of carbonyl (C=O) groups excluding carboxylic acids is 2. The van der Waals surface area contributed by atoms with Gasteiger partial charge in [0.1, 0.15) is 11.4 Å². The second-order valence-corrected chi connectivity index (χ2v) is 5.91. The molecule has 0 unspecified atom stereocenters. The van der Waals surface area contributed by atoms with E-state index in [2.05, 4.69) is 10.6 Å². The lowest BCUT2D eigenvalue weighted by Gasteiger charge is -2.20. The molecule has 0 aliphatic heterocycles. The highest BCUT2D eigenvalue weighted by molar-refractivity contribution is 5.95. The standard InChI is InChI=1S/C16H23FN2O3/c1-5-8-18-14(20)13-9-12(17)7-6-11(13)10-19-15(21)22-16(2,3)4/h6-7,9H,5,8,10H2,1-4H3,(H,18,20)(H,19,21). The van der Waals surface area contributed by atoms with Crippen molar-refractivity contribution in [3.63, 3.8) is 0 Å². The van der Waals surface area contributed by atoms with E-state index in [0.29, 0.717) is 12.1 Å². The lowest BCUT2D eigenvalue weighted by Crippen LogP contribution is -2.33. The number of alkyl carbamates (subject to hydrolysis) is 1. The number of halogens is 1. The third-order valence-electron chi connectivity index (χ3n) is 2.67. The van der Waals surface area contributed by atoms with Crippen LogP contribution in [0.25, 0.3) is 0 Å². The largest absolute Gasteiger partial charge is 0.444 e. The number of amides is 2. The van der Waals surface area contributed by atoms with Crippen molar-refractivity contribution in [1.82, 2.24) is 10.6 Å². The van der Waals surface area contributed by atoms with E-state index in [9.17, 15) is 14.0 Å². The van der Waals surface area contributed by atoms with Gasteiger partial charge in [-0.1, -0.05) is 13.0 Å². The van der Waals surface area contributed by atoms with Gasteiger partial charge < -0.3 is 15.4 Å². The van der Waals surface area contributed by atoms with E-state index in [0.717, 1.165) is 12.5 Å². The first kappa shape index (κ1) is 17.9. The normalized spacial score (nSPS) is 11.0. The van der Waals surface area contributed by atoms with E-state index in [1.165, 1.54) is 12.1 Å². The van der Waals surface area contributed by atoms with Crippen LogP contribution in [0.4, 0.5) is 9.18 Å². The monoisotopic (exact) mass is 310 g/mol. The molecule has 5 nitrogen and oxygen atoms in total. The highest BCUT2D eigenvalue weighted by atomic mass is 19.1. The maximum absolute atomic E-state index is 13.4. The Bertz CT molecular complexity index is 539. The molecule has 6 heteroatoms. The fraction of sp³-hybridized carbons (Fsp3) is 0.500. The summed E-state index contributed by atoms with van der Waals surface area (Å²) in [7, 11) is 0. The van der Waals surface area contributed by atoms with Gasteiger partial charge in [0.25, 0.3) is 5.91 Å². The molecule has 0 heterocycles. The molecule has 0 saturated heterocycles. The minimum atomic E-state index is -0.603. The third kappa shape index (κ3) is 6.11. The Kier molecular flexibility index (Phi) is 6.34. The molecule has 0 aromatic heterocycles. The quantitative estimate of drug-likeness (QED) is 0.878. The first-order valence-corrected chi connectivity index (χ1v) is 7.26. The molecule has 0 fully saturated rings. The third-order valence-corrected chi connectivity index (χ3v) is 2.67. The maximum Gasteiger partial charge on any atom is 0.407 e. The van der Waals surface area contributed by atoms with Crippen molar-refractivity contribution in [2.75, 3.05) is 6.54 Å². The van der Waals surface area contributed by atoms with Crippen molar-refractivity contribution in [2.24, 2.45) is 0 Å². The van der Waals surface area contributed by atoms with E-state index < -0.39 is 17.5 Å². The SMILES string of the molecule is CCCNC(=O)c1cc(F)ccc1CNC(=O)OC(C)(C)C. The van der Waals surface area contributed by atoms with E-state index in [4.69, 9.17) is 4.74 Å². The maximum atomic E-state index is 13.4. The van der Waals surface area contributed by atoms with Crippen molar-refractivity contribution in [3.05, 3.63) is 35.1 Å². The number of hydrogen-bond donors (Lipinski definition) is 2. The van der Waals surface area contributed by atoms with Crippen molar-refractivity contribution >= 4 is 12.0 Å². The van der Waals surface area contributed by atoms with E-state index >= 15 is 0 Å². The van der Waals surface area contributed by atoms with Crippen LogP contribution in [0.1, 0.15) is 50.0 Å². The van der Waals surface area contributed by atoms with Gasteiger partial charge in [0.2, 0.25) is 0 Å². The number of carbonyl (C=O) groups is 2. The molecule has 0 aliphatic carbocycles. The average molecular weight is 310 g/mol. The molecule has 0 atom stereocenters. The molecular formula is C16H23FN2O3. The molecule has 2 amide bonds. The zero-order valence-electron chi connectivity index (χ0n) is 13.5. The van der Waals surface area contributed by atoms with Crippen LogP contribution in [0.15, 0.2) is 18.2 Å². The molecule has 122 valence electrons. The molecular weight excluding hydrogens is 287 g/mol. The van der Waals surface area contributed by atoms with E-state index in [-0.39, 0.29) is 18.0 Å². The molecule has 0 saturated carbocycles. The Balaban J connectivity index is 2.78. The second kappa shape index (κ2) is 7.77. The van der Waals surface area contributed by atoms with Crippen LogP contribution in [0.2, 0.25) is 0 Å². The highest BCUT2D eigenvalue weighted by Gasteiger charge is 2.17. The van der Waals surface area contributed by atoms with Crippen LogP contribution in [0.5, 0.6) is 0 Å². The lowest BCUT2D eigenvalue weighted by atomic mass is 10.1. The number of hydrogen-bond acceptors (Lipinski definition) is 3. The summed E-state index contributed by atoms with van der Waals surface area (Å²) in [4.78, 5) is 23.7. The Hall–Kier alpha value is -2.11. The summed E-state index contributed by atoms with van der Waals surface area (Å²) in [6, 6.07) is 3.90. The summed E-state index contributed by atoms with van der Waals surface area (Å²) < 4.78 is 18.5. The summed E-state index contributed by atoms with van der Waals surface area (Å²) in [5.41, 5.74) is 0.138. The number of benzene rings is 1. The van der Waals surface area contributed by atoms with Gasteiger partial charge in [-0.05, 0) is 44.9 Å². The zero-order valence-corrected chi connectivity index (χ0v) is 13.5. The minimum Gasteiger partial charge on any atom is -0.444 e. The molecule has 0 radical (unpaired) electrons. The van der Waals surface area contributed by atoms with Gasteiger partial charge >= 0.3 is 6.09 Å². The Morgan fingerprint density at radius 3 is 2.50 bits per heavy atom. The van der Waals surface area contributed by atoms with Crippen LogP contribution in [-0.2, 0) is 11.3 Å². The Morgan fingerprint density at radius 1 is 1.23 bits per heavy atom.